The van der Waals surface area contributed by atoms with Crippen molar-refractivity contribution in [2.45, 2.75) is 44.4 Å². The molecule has 0 spiro atoms. The molecule has 4 nitrogen and oxygen atoms in total. The second-order valence-electron chi connectivity index (χ2n) is 4.82. The lowest BCUT2D eigenvalue weighted by Crippen LogP contribution is -2.46. The Morgan fingerprint density at radius 2 is 2.47 bits per heavy atom. The lowest BCUT2D eigenvalue weighted by molar-refractivity contribution is 0.0322. The molecular weight excluding hydrogens is 216 g/mol. The van der Waals surface area contributed by atoms with Crippen molar-refractivity contribution in [2.24, 2.45) is 5.73 Å². The highest BCUT2D eigenvalue weighted by atomic mass is 16.3. The third kappa shape index (κ3) is 2.89. The van der Waals surface area contributed by atoms with Gasteiger partial charge in [0, 0.05) is 12.6 Å². The van der Waals surface area contributed by atoms with E-state index in [1.807, 2.05) is 12.1 Å². The fourth-order valence-electron chi connectivity index (χ4n) is 2.58. The van der Waals surface area contributed by atoms with Crippen LogP contribution in [0.1, 0.15) is 38.0 Å². The van der Waals surface area contributed by atoms with Crippen molar-refractivity contribution >= 4 is 0 Å². The monoisotopic (exact) mass is 238 g/mol. The van der Waals surface area contributed by atoms with Crippen molar-refractivity contribution in [1.29, 1.82) is 0 Å². The molecule has 0 aromatic carbocycles. The Balaban J connectivity index is 2.15. The van der Waals surface area contributed by atoms with Gasteiger partial charge < -0.3 is 15.3 Å². The van der Waals surface area contributed by atoms with E-state index in [2.05, 4.69) is 11.8 Å². The Morgan fingerprint density at radius 1 is 1.65 bits per heavy atom. The maximum Gasteiger partial charge on any atom is 0.122 e. The molecule has 2 heterocycles. The minimum atomic E-state index is -0.231. The van der Waals surface area contributed by atoms with E-state index in [1.54, 1.807) is 6.26 Å². The predicted octanol–water partition coefficient (Wildman–Crippen LogP) is 1.51. The molecule has 1 aliphatic heterocycles. The van der Waals surface area contributed by atoms with Crippen LogP contribution in [0.5, 0.6) is 0 Å². The van der Waals surface area contributed by atoms with E-state index in [0.717, 1.165) is 31.6 Å². The lowest BCUT2D eigenvalue weighted by Gasteiger charge is -2.38. The van der Waals surface area contributed by atoms with Gasteiger partial charge in [0.1, 0.15) is 5.76 Å². The van der Waals surface area contributed by atoms with Gasteiger partial charge in [0.25, 0.3) is 0 Å². The number of hydrogen-bond acceptors (Lipinski definition) is 4. The largest absolute Gasteiger partial charge is 0.468 e. The molecule has 96 valence electrons. The molecule has 17 heavy (non-hydrogen) atoms. The number of piperidine rings is 1. The molecular formula is C13H22N2O2. The van der Waals surface area contributed by atoms with E-state index in [0.29, 0.717) is 6.54 Å². The van der Waals surface area contributed by atoms with Crippen molar-refractivity contribution in [3.05, 3.63) is 24.2 Å². The number of β-amino-alcohol motifs (C(OH)–C–C–N with tert-alkyl or cyclic N) is 1. The Labute approximate surface area is 102 Å². The van der Waals surface area contributed by atoms with Gasteiger partial charge in [0.2, 0.25) is 0 Å². The van der Waals surface area contributed by atoms with Crippen molar-refractivity contribution in [3.8, 4) is 0 Å². The van der Waals surface area contributed by atoms with Gasteiger partial charge in [-0.15, -0.1) is 0 Å². The van der Waals surface area contributed by atoms with Crippen LogP contribution >= 0.6 is 0 Å². The Kier molecular flexibility index (Phi) is 4.20. The Bertz CT molecular complexity index is 326. The molecule has 1 saturated heterocycles. The van der Waals surface area contributed by atoms with Crippen LogP contribution in [-0.4, -0.2) is 35.2 Å². The minimum absolute atomic E-state index is 0.0476. The van der Waals surface area contributed by atoms with Crippen LogP contribution in [0.2, 0.25) is 0 Å². The van der Waals surface area contributed by atoms with E-state index < -0.39 is 0 Å². The lowest BCUT2D eigenvalue weighted by atomic mass is 9.98. The second kappa shape index (κ2) is 5.67. The predicted molar refractivity (Wildman–Crippen MR) is 66.5 cm³/mol. The van der Waals surface area contributed by atoms with Crippen LogP contribution in [0.3, 0.4) is 0 Å². The summed E-state index contributed by atoms with van der Waals surface area (Å²) < 4.78 is 5.50. The maximum absolute atomic E-state index is 9.77. The smallest absolute Gasteiger partial charge is 0.122 e. The van der Waals surface area contributed by atoms with Gasteiger partial charge >= 0.3 is 0 Å². The van der Waals surface area contributed by atoms with E-state index in [9.17, 15) is 5.11 Å². The highest BCUT2D eigenvalue weighted by Gasteiger charge is 2.31. The standard InChI is InChI=1S/C13H22N2O2/c1-2-11(14)13(12-6-4-8-17-12)15-7-3-5-10(16)9-15/h4,6,8,10-11,13,16H,2-3,5,7,9,14H2,1H3. The molecule has 3 atom stereocenters. The fourth-order valence-corrected chi connectivity index (χ4v) is 2.58. The number of aliphatic hydroxyl groups is 1. The first-order valence-corrected chi connectivity index (χ1v) is 6.43. The number of rotatable bonds is 4. The molecule has 0 radical (unpaired) electrons. The first kappa shape index (κ1) is 12.6. The zero-order chi connectivity index (χ0) is 12.3. The Morgan fingerprint density at radius 3 is 3.06 bits per heavy atom. The zero-order valence-electron chi connectivity index (χ0n) is 10.4. The summed E-state index contributed by atoms with van der Waals surface area (Å²) in [5.74, 6) is 0.911. The van der Waals surface area contributed by atoms with E-state index in [1.165, 1.54) is 0 Å². The first-order valence-electron chi connectivity index (χ1n) is 6.43. The van der Waals surface area contributed by atoms with Gasteiger partial charge in [-0.2, -0.15) is 0 Å². The molecule has 0 saturated carbocycles. The van der Waals surface area contributed by atoms with Crippen molar-refractivity contribution in [1.82, 2.24) is 4.90 Å². The molecule has 0 bridgehead atoms. The molecule has 2 rings (SSSR count). The highest BCUT2D eigenvalue weighted by molar-refractivity contribution is 5.08. The van der Waals surface area contributed by atoms with Crippen LogP contribution in [0, 0.1) is 0 Å². The third-order valence-electron chi connectivity index (χ3n) is 3.53. The van der Waals surface area contributed by atoms with Crippen LogP contribution < -0.4 is 5.73 Å². The van der Waals surface area contributed by atoms with Gasteiger partial charge in [-0.25, -0.2) is 0 Å². The number of nitrogens with two attached hydrogens (primary N) is 1. The first-order chi connectivity index (χ1) is 8.22. The van der Waals surface area contributed by atoms with Gasteiger partial charge in [-0.1, -0.05) is 6.92 Å². The van der Waals surface area contributed by atoms with Gasteiger partial charge in [0.05, 0.1) is 18.4 Å². The number of furan rings is 1. The molecule has 3 unspecified atom stereocenters. The van der Waals surface area contributed by atoms with Gasteiger partial charge in [-0.05, 0) is 37.9 Å². The minimum Gasteiger partial charge on any atom is -0.468 e. The molecule has 0 amide bonds. The van der Waals surface area contributed by atoms with E-state index in [4.69, 9.17) is 10.2 Å². The SMILES string of the molecule is CCC(N)C(c1ccco1)N1CCCC(O)C1. The highest BCUT2D eigenvalue weighted by Crippen LogP contribution is 2.28. The van der Waals surface area contributed by atoms with Gasteiger partial charge in [0.15, 0.2) is 0 Å². The van der Waals surface area contributed by atoms with Gasteiger partial charge in [-0.3, -0.25) is 4.90 Å². The van der Waals surface area contributed by atoms with Crippen LogP contribution in [0.15, 0.2) is 22.8 Å². The summed E-state index contributed by atoms with van der Waals surface area (Å²) >= 11 is 0. The number of nitrogens with zero attached hydrogens (tertiary/aromatic N) is 1. The normalized spacial score (nSPS) is 25.7. The summed E-state index contributed by atoms with van der Waals surface area (Å²) in [4.78, 5) is 2.25. The molecule has 1 aliphatic rings. The van der Waals surface area contributed by atoms with Crippen molar-refractivity contribution < 1.29 is 9.52 Å². The van der Waals surface area contributed by atoms with Crippen LogP contribution in [0.25, 0.3) is 0 Å². The summed E-state index contributed by atoms with van der Waals surface area (Å²) in [6.07, 6.45) is 4.27. The van der Waals surface area contributed by atoms with Crippen molar-refractivity contribution in [2.75, 3.05) is 13.1 Å². The zero-order valence-corrected chi connectivity index (χ0v) is 10.4. The van der Waals surface area contributed by atoms with Crippen LogP contribution in [-0.2, 0) is 0 Å². The number of hydrogen-bond donors (Lipinski definition) is 2. The van der Waals surface area contributed by atoms with Crippen LogP contribution in [0.4, 0.5) is 0 Å². The Hall–Kier alpha value is -0.840. The third-order valence-corrected chi connectivity index (χ3v) is 3.53. The summed E-state index contributed by atoms with van der Waals surface area (Å²) in [5, 5.41) is 9.77. The summed E-state index contributed by atoms with van der Waals surface area (Å²) in [6.45, 7) is 3.76. The average Bonchev–Trinajstić information content (AvgIpc) is 2.83. The number of aliphatic hydroxyl groups excluding tert-OH is 1. The average molecular weight is 238 g/mol. The fraction of sp³-hybridized carbons (Fsp3) is 0.692. The molecule has 4 heteroatoms. The topological polar surface area (TPSA) is 62.6 Å². The summed E-state index contributed by atoms with van der Waals surface area (Å²) in [5.41, 5.74) is 6.20. The molecule has 1 fully saturated rings. The molecule has 1 aromatic rings. The number of likely N-dealkylation sites (tertiary alicyclic amines) is 1. The maximum atomic E-state index is 9.77. The van der Waals surface area contributed by atoms with Crippen molar-refractivity contribution in [3.63, 3.8) is 0 Å². The van der Waals surface area contributed by atoms with E-state index >= 15 is 0 Å². The second-order valence-corrected chi connectivity index (χ2v) is 4.82. The molecule has 3 N–H and O–H groups in total. The molecule has 1 aromatic heterocycles. The van der Waals surface area contributed by atoms with E-state index in [-0.39, 0.29) is 18.2 Å². The summed E-state index contributed by atoms with van der Waals surface area (Å²) in [7, 11) is 0. The quantitative estimate of drug-likeness (QED) is 0.834. The summed E-state index contributed by atoms with van der Waals surface area (Å²) in [6, 6.07) is 4.00. The molecule has 0 aliphatic carbocycles.